The van der Waals surface area contributed by atoms with Crippen LogP contribution in [0.15, 0.2) is 42.7 Å². The Morgan fingerprint density at radius 3 is 2.69 bits per heavy atom. The minimum atomic E-state index is 0.308. The van der Waals surface area contributed by atoms with Gasteiger partial charge in [-0.2, -0.15) is 0 Å². The number of ether oxygens (including phenoxy) is 1. The van der Waals surface area contributed by atoms with Gasteiger partial charge in [0.25, 0.3) is 0 Å². The summed E-state index contributed by atoms with van der Waals surface area (Å²) in [5, 5.41) is 7.39. The van der Waals surface area contributed by atoms with E-state index in [0.717, 1.165) is 0 Å². The highest BCUT2D eigenvalue weighted by Gasteiger charge is 2.14. The van der Waals surface area contributed by atoms with E-state index in [1.807, 2.05) is 24.3 Å². The van der Waals surface area contributed by atoms with Crippen LogP contribution in [0.5, 0.6) is 0 Å². The minimum Gasteiger partial charge on any atom is -0.452 e. The molecule has 1 aliphatic rings. The molecule has 0 spiro atoms. The molecule has 0 fully saturated rings. The van der Waals surface area contributed by atoms with Crippen molar-refractivity contribution in [2.45, 2.75) is 12.3 Å². The van der Waals surface area contributed by atoms with Crippen LogP contribution in [0.2, 0.25) is 0 Å². The molecule has 1 aromatic rings. The summed E-state index contributed by atoms with van der Waals surface area (Å²) in [6.07, 6.45) is 4.26. The summed E-state index contributed by atoms with van der Waals surface area (Å²) < 4.78 is 4.93. The normalized spacial score (nSPS) is 21.2. The number of hydrogen-bond donors (Lipinski definition) is 1. The van der Waals surface area contributed by atoms with E-state index in [1.54, 1.807) is 6.26 Å². The Morgan fingerprint density at radius 1 is 1.23 bits per heavy atom. The van der Waals surface area contributed by atoms with Gasteiger partial charge in [0.2, 0.25) is 0 Å². The standard InChI is InChI=1S/C11H11NO/c12-11-8-10(6-7-13-11)9-4-2-1-3-5-9/h1-7,10,12H,8H2. The van der Waals surface area contributed by atoms with Crippen molar-refractivity contribution >= 4 is 5.90 Å². The lowest BCUT2D eigenvalue weighted by atomic mass is 9.95. The first-order chi connectivity index (χ1) is 6.36. The summed E-state index contributed by atoms with van der Waals surface area (Å²) in [7, 11) is 0. The predicted octanol–water partition coefficient (Wildman–Crippen LogP) is 2.68. The van der Waals surface area contributed by atoms with Crippen molar-refractivity contribution in [1.29, 1.82) is 5.41 Å². The third-order valence-electron chi connectivity index (χ3n) is 2.15. The monoisotopic (exact) mass is 173 g/mol. The van der Waals surface area contributed by atoms with Gasteiger partial charge in [-0.25, -0.2) is 0 Å². The first-order valence-electron chi connectivity index (χ1n) is 4.32. The third-order valence-corrected chi connectivity index (χ3v) is 2.15. The summed E-state index contributed by atoms with van der Waals surface area (Å²) in [6, 6.07) is 10.2. The van der Waals surface area contributed by atoms with Crippen LogP contribution in [0.4, 0.5) is 0 Å². The van der Waals surface area contributed by atoms with Gasteiger partial charge >= 0.3 is 0 Å². The van der Waals surface area contributed by atoms with Gasteiger partial charge in [0.1, 0.15) is 0 Å². The van der Waals surface area contributed by atoms with Crippen LogP contribution in [0, 0.1) is 5.41 Å². The fourth-order valence-electron chi connectivity index (χ4n) is 1.46. The fraction of sp³-hybridized carbons (Fsp3) is 0.182. The molecule has 0 aromatic heterocycles. The molecule has 0 saturated heterocycles. The van der Waals surface area contributed by atoms with E-state index in [9.17, 15) is 0 Å². The average Bonchev–Trinajstić information content (AvgIpc) is 2.19. The summed E-state index contributed by atoms with van der Waals surface area (Å²) >= 11 is 0. The van der Waals surface area contributed by atoms with Crippen LogP contribution >= 0.6 is 0 Å². The topological polar surface area (TPSA) is 33.1 Å². The summed E-state index contributed by atoms with van der Waals surface area (Å²) in [5.41, 5.74) is 1.24. The summed E-state index contributed by atoms with van der Waals surface area (Å²) in [6.45, 7) is 0. The van der Waals surface area contributed by atoms with Crippen LogP contribution in [0.1, 0.15) is 17.9 Å². The lowest BCUT2D eigenvalue weighted by Crippen LogP contribution is -2.10. The molecule has 2 heteroatoms. The Balaban J connectivity index is 2.22. The molecule has 2 rings (SSSR count). The molecule has 13 heavy (non-hydrogen) atoms. The van der Waals surface area contributed by atoms with E-state index in [1.165, 1.54) is 5.56 Å². The molecule has 1 N–H and O–H groups in total. The molecule has 66 valence electrons. The SMILES string of the molecule is N=C1CC(c2ccccc2)C=CO1. The quantitative estimate of drug-likeness (QED) is 0.695. The molecule has 0 aliphatic carbocycles. The van der Waals surface area contributed by atoms with E-state index in [2.05, 4.69) is 12.1 Å². The maximum atomic E-state index is 7.39. The van der Waals surface area contributed by atoms with Crippen LogP contribution < -0.4 is 0 Å². The van der Waals surface area contributed by atoms with Gasteiger partial charge < -0.3 is 4.74 Å². The van der Waals surface area contributed by atoms with Gasteiger partial charge in [0, 0.05) is 12.3 Å². The molecule has 1 heterocycles. The van der Waals surface area contributed by atoms with Crippen molar-refractivity contribution in [1.82, 2.24) is 0 Å². The van der Waals surface area contributed by atoms with Crippen LogP contribution in [0.3, 0.4) is 0 Å². The first-order valence-corrected chi connectivity index (χ1v) is 4.32. The minimum absolute atomic E-state index is 0.308. The second-order valence-corrected chi connectivity index (χ2v) is 3.09. The summed E-state index contributed by atoms with van der Waals surface area (Å²) in [4.78, 5) is 0. The molecule has 0 radical (unpaired) electrons. The van der Waals surface area contributed by atoms with E-state index < -0.39 is 0 Å². The van der Waals surface area contributed by atoms with Crippen LogP contribution in [0.25, 0.3) is 0 Å². The van der Waals surface area contributed by atoms with Crippen molar-refractivity contribution in [3.05, 3.63) is 48.2 Å². The third kappa shape index (κ3) is 1.78. The predicted molar refractivity (Wildman–Crippen MR) is 51.8 cm³/mol. The molecule has 1 atom stereocenters. The van der Waals surface area contributed by atoms with Crippen molar-refractivity contribution < 1.29 is 4.74 Å². The zero-order valence-electron chi connectivity index (χ0n) is 7.23. The van der Waals surface area contributed by atoms with E-state index in [0.29, 0.717) is 18.2 Å². The van der Waals surface area contributed by atoms with Crippen LogP contribution in [-0.4, -0.2) is 5.90 Å². The number of allylic oxidation sites excluding steroid dienone is 1. The second kappa shape index (κ2) is 3.44. The molecular weight excluding hydrogens is 162 g/mol. The van der Waals surface area contributed by atoms with E-state index >= 15 is 0 Å². The molecule has 1 aromatic carbocycles. The molecule has 0 amide bonds. The Kier molecular flexibility index (Phi) is 2.13. The Bertz CT molecular complexity index is 329. The zero-order chi connectivity index (χ0) is 9.10. The number of rotatable bonds is 1. The van der Waals surface area contributed by atoms with Crippen LogP contribution in [-0.2, 0) is 4.74 Å². The maximum Gasteiger partial charge on any atom is 0.187 e. The van der Waals surface area contributed by atoms with Gasteiger partial charge in [0.05, 0.1) is 6.26 Å². The molecule has 2 nitrogen and oxygen atoms in total. The number of nitrogens with one attached hydrogen (secondary N) is 1. The van der Waals surface area contributed by atoms with Crippen molar-refractivity contribution in [3.63, 3.8) is 0 Å². The maximum absolute atomic E-state index is 7.39. The largest absolute Gasteiger partial charge is 0.452 e. The zero-order valence-corrected chi connectivity index (χ0v) is 7.23. The molecule has 1 unspecified atom stereocenters. The smallest absolute Gasteiger partial charge is 0.187 e. The number of benzene rings is 1. The van der Waals surface area contributed by atoms with Crippen molar-refractivity contribution in [2.24, 2.45) is 0 Å². The first kappa shape index (κ1) is 8.05. The summed E-state index contributed by atoms with van der Waals surface area (Å²) in [5.74, 6) is 0.652. The number of hydrogen-bond acceptors (Lipinski definition) is 2. The Labute approximate surface area is 77.4 Å². The molecular formula is C11H11NO. The van der Waals surface area contributed by atoms with Gasteiger partial charge in [-0.3, -0.25) is 5.41 Å². The Morgan fingerprint density at radius 2 is 2.00 bits per heavy atom. The fourth-order valence-corrected chi connectivity index (χ4v) is 1.46. The van der Waals surface area contributed by atoms with Crippen molar-refractivity contribution in [2.75, 3.05) is 0 Å². The highest BCUT2D eigenvalue weighted by atomic mass is 16.5. The average molecular weight is 173 g/mol. The lowest BCUT2D eigenvalue weighted by Gasteiger charge is -2.17. The van der Waals surface area contributed by atoms with E-state index in [-0.39, 0.29) is 0 Å². The van der Waals surface area contributed by atoms with Crippen molar-refractivity contribution in [3.8, 4) is 0 Å². The van der Waals surface area contributed by atoms with Gasteiger partial charge in [-0.15, -0.1) is 0 Å². The van der Waals surface area contributed by atoms with Gasteiger partial charge in [-0.05, 0) is 11.6 Å². The highest BCUT2D eigenvalue weighted by Crippen LogP contribution is 2.24. The lowest BCUT2D eigenvalue weighted by molar-refractivity contribution is 0.427. The highest BCUT2D eigenvalue weighted by molar-refractivity contribution is 5.75. The van der Waals surface area contributed by atoms with E-state index in [4.69, 9.17) is 10.1 Å². The van der Waals surface area contributed by atoms with Gasteiger partial charge in [-0.1, -0.05) is 30.3 Å². The molecule has 0 saturated carbocycles. The second-order valence-electron chi connectivity index (χ2n) is 3.09. The molecule has 0 bridgehead atoms. The van der Waals surface area contributed by atoms with Gasteiger partial charge in [0.15, 0.2) is 5.90 Å². The molecule has 1 aliphatic heterocycles. The Hall–Kier alpha value is -1.57.